The van der Waals surface area contributed by atoms with Gasteiger partial charge >= 0.3 is 0 Å². The van der Waals surface area contributed by atoms with Crippen LogP contribution in [0.15, 0.2) is 60.7 Å². The summed E-state index contributed by atoms with van der Waals surface area (Å²) in [5.74, 6) is 10.0. The quantitative estimate of drug-likeness (QED) is 0.256. The minimum Gasteiger partial charge on any atom is -0.493 e. The van der Waals surface area contributed by atoms with Gasteiger partial charge in [0.2, 0.25) is 6.79 Å². The summed E-state index contributed by atoms with van der Waals surface area (Å²) >= 11 is 0. The molecule has 0 fully saturated rings. The summed E-state index contributed by atoms with van der Waals surface area (Å²) in [4.78, 5) is 13.1. The molecule has 0 aliphatic carbocycles. The SMILES string of the molecule is COc1ccc2c(c1OC)C(C#CCOc1ccc(C=O)cc1)N(C)c1c-2ccc2cc3c(cc12)OCO3. The van der Waals surface area contributed by atoms with Crippen LogP contribution in [0.4, 0.5) is 5.69 Å². The number of nitrogens with zero attached hydrogens (tertiary/aromatic N) is 1. The van der Waals surface area contributed by atoms with Crippen molar-refractivity contribution in [3.8, 4) is 51.7 Å². The summed E-state index contributed by atoms with van der Waals surface area (Å²) < 4.78 is 28.6. The fourth-order valence-electron chi connectivity index (χ4n) is 5.14. The Morgan fingerprint density at radius 2 is 1.74 bits per heavy atom. The fourth-order valence-corrected chi connectivity index (χ4v) is 5.14. The van der Waals surface area contributed by atoms with Gasteiger partial charge in [0.25, 0.3) is 0 Å². The van der Waals surface area contributed by atoms with Crippen molar-refractivity contribution < 1.29 is 28.5 Å². The lowest BCUT2D eigenvalue weighted by atomic mass is 9.85. The Bertz CT molecular complexity index is 1620. The highest BCUT2D eigenvalue weighted by molar-refractivity contribution is 6.06. The van der Waals surface area contributed by atoms with Crippen molar-refractivity contribution in [2.24, 2.45) is 0 Å². The van der Waals surface area contributed by atoms with E-state index >= 15 is 0 Å². The molecule has 0 N–H and O–H groups in total. The standard InChI is InChI=1S/C31H25NO6/c1-32-25(5-4-14-36-21-9-6-19(17-33)7-10-21)29-22(12-13-26(34-2)31(29)35-3)23-11-8-20-15-27-28(38-18-37-27)16-24(20)30(23)32/h6-13,15-17,25H,14,18H2,1-3H3. The van der Waals surface area contributed by atoms with Crippen molar-refractivity contribution in [1.82, 2.24) is 0 Å². The van der Waals surface area contributed by atoms with Crippen molar-refractivity contribution in [2.45, 2.75) is 6.04 Å². The number of hydrogen-bond donors (Lipinski definition) is 0. The number of rotatable bonds is 5. The first-order valence-electron chi connectivity index (χ1n) is 12.1. The molecule has 7 heteroatoms. The Labute approximate surface area is 220 Å². The normalized spacial score (nSPS) is 14.7. The topological polar surface area (TPSA) is 66.5 Å². The molecule has 0 spiro atoms. The molecule has 0 radical (unpaired) electrons. The zero-order valence-electron chi connectivity index (χ0n) is 21.2. The molecule has 2 aliphatic heterocycles. The third-order valence-electron chi connectivity index (χ3n) is 6.94. The third-order valence-corrected chi connectivity index (χ3v) is 6.94. The number of carbonyl (C=O) groups is 1. The summed E-state index contributed by atoms with van der Waals surface area (Å²) in [7, 11) is 5.31. The first-order chi connectivity index (χ1) is 18.6. The van der Waals surface area contributed by atoms with Crippen LogP contribution in [0.2, 0.25) is 0 Å². The molecule has 0 aromatic heterocycles. The minimum absolute atomic E-state index is 0.188. The molecule has 4 aromatic carbocycles. The Morgan fingerprint density at radius 1 is 0.974 bits per heavy atom. The van der Waals surface area contributed by atoms with Gasteiger partial charge in [-0.25, -0.2) is 0 Å². The van der Waals surface area contributed by atoms with E-state index < -0.39 is 0 Å². The molecule has 0 saturated heterocycles. The van der Waals surface area contributed by atoms with E-state index in [4.69, 9.17) is 23.7 Å². The highest BCUT2D eigenvalue weighted by Gasteiger charge is 2.34. The van der Waals surface area contributed by atoms with Crippen LogP contribution in [0.5, 0.6) is 28.7 Å². The van der Waals surface area contributed by atoms with Gasteiger partial charge < -0.3 is 28.6 Å². The molecule has 2 aliphatic rings. The van der Waals surface area contributed by atoms with E-state index in [0.29, 0.717) is 22.8 Å². The van der Waals surface area contributed by atoms with Crippen molar-refractivity contribution in [3.63, 3.8) is 0 Å². The fraction of sp³-hybridized carbons (Fsp3) is 0.194. The van der Waals surface area contributed by atoms with Gasteiger partial charge in [0.1, 0.15) is 24.7 Å². The maximum Gasteiger partial charge on any atom is 0.231 e. The number of aldehydes is 1. The van der Waals surface area contributed by atoms with Crippen molar-refractivity contribution in [3.05, 3.63) is 71.8 Å². The number of carbonyl (C=O) groups excluding carboxylic acids is 1. The second-order valence-electron chi connectivity index (χ2n) is 8.96. The smallest absolute Gasteiger partial charge is 0.231 e. The van der Waals surface area contributed by atoms with E-state index in [9.17, 15) is 4.79 Å². The number of benzene rings is 4. The first-order valence-corrected chi connectivity index (χ1v) is 12.1. The summed E-state index contributed by atoms with van der Waals surface area (Å²) in [6.07, 6.45) is 0.802. The van der Waals surface area contributed by atoms with Gasteiger partial charge in [0, 0.05) is 29.1 Å². The van der Waals surface area contributed by atoms with Gasteiger partial charge in [0.15, 0.2) is 23.0 Å². The zero-order valence-corrected chi connectivity index (χ0v) is 21.2. The summed E-state index contributed by atoms with van der Waals surface area (Å²) in [5.41, 5.74) is 4.67. The van der Waals surface area contributed by atoms with Crippen LogP contribution in [0.1, 0.15) is 22.0 Å². The molecular formula is C31H25NO6. The van der Waals surface area contributed by atoms with Gasteiger partial charge in [-0.2, -0.15) is 0 Å². The molecule has 2 heterocycles. The molecule has 1 atom stereocenters. The van der Waals surface area contributed by atoms with Crippen LogP contribution in [0.3, 0.4) is 0 Å². The highest BCUT2D eigenvalue weighted by atomic mass is 16.7. The van der Waals surface area contributed by atoms with Crippen molar-refractivity contribution >= 4 is 22.7 Å². The molecule has 38 heavy (non-hydrogen) atoms. The van der Waals surface area contributed by atoms with Crippen LogP contribution in [-0.4, -0.2) is 41.0 Å². The zero-order chi connectivity index (χ0) is 26.2. The van der Waals surface area contributed by atoms with Gasteiger partial charge in [-0.05, 0) is 59.5 Å². The Morgan fingerprint density at radius 3 is 2.47 bits per heavy atom. The van der Waals surface area contributed by atoms with E-state index in [1.807, 2.05) is 25.2 Å². The van der Waals surface area contributed by atoms with E-state index in [-0.39, 0.29) is 19.4 Å². The lowest BCUT2D eigenvalue weighted by molar-refractivity contribution is 0.112. The van der Waals surface area contributed by atoms with Gasteiger partial charge in [0.05, 0.1) is 19.9 Å². The summed E-state index contributed by atoms with van der Waals surface area (Å²) in [6.45, 7) is 0.406. The molecule has 190 valence electrons. The van der Waals surface area contributed by atoms with Gasteiger partial charge in [-0.3, -0.25) is 4.79 Å². The molecule has 0 bridgehead atoms. The predicted molar refractivity (Wildman–Crippen MR) is 145 cm³/mol. The summed E-state index contributed by atoms with van der Waals surface area (Å²) in [6, 6.07) is 18.9. The van der Waals surface area contributed by atoms with E-state index in [0.717, 1.165) is 50.9 Å². The van der Waals surface area contributed by atoms with Crippen LogP contribution in [0, 0.1) is 11.8 Å². The van der Waals surface area contributed by atoms with Crippen molar-refractivity contribution in [1.29, 1.82) is 0 Å². The number of hydrogen-bond acceptors (Lipinski definition) is 7. The Hall–Kier alpha value is -4.83. The van der Waals surface area contributed by atoms with Gasteiger partial charge in [-0.1, -0.05) is 24.0 Å². The third kappa shape index (κ3) is 3.82. The largest absolute Gasteiger partial charge is 0.493 e. The molecule has 4 aromatic rings. The van der Waals surface area contributed by atoms with Gasteiger partial charge in [-0.15, -0.1) is 0 Å². The number of fused-ring (bicyclic) bond motifs is 6. The van der Waals surface area contributed by atoms with Crippen LogP contribution < -0.4 is 28.6 Å². The predicted octanol–water partition coefficient (Wildman–Crippen LogP) is 5.64. The second-order valence-corrected chi connectivity index (χ2v) is 8.96. The average Bonchev–Trinajstić information content (AvgIpc) is 3.42. The molecule has 7 nitrogen and oxygen atoms in total. The second kappa shape index (κ2) is 9.56. The van der Waals surface area contributed by atoms with Crippen LogP contribution >= 0.6 is 0 Å². The van der Waals surface area contributed by atoms with Crippen LogP contribution in [0.25, 0.3) is 21.9 Å². The monoisotopic (exact) mass is 507 g/mol. The lowest BCUT2D eigenvalue weighted by Crippen LogP contribution is -2.28. The average molecular weight is 508 g/mol. The van der Waals surface area contributed by atoms with E-state index in [2.05, 4.69) is 34.9 Å². The minimum atomic E-state index is -0.334. The number of ether oxygens (including phenoxy) is 5. The lowest BCUT2D eigenvalue weighted by Gasteiger charge is -2.37. The highest BCUT2D eigenvalue weighted by Crippen LogP contribution is 2.53. The van der Waals surface area contributed by atoms with E-state index in [1.165, 1.54) is 0 Å². The molecule has 1 unspecified atom stereocenters. The number of methoxy groups -OCH3 is 2. The summed E-state index contributed by atoms with van der Waals surface area (Å²) in [5, 5.41) is 2.10. The maximum absolute atomic E-state index is 10.9. The Kier molecular flexibility index (Phi) is 5.93. The molecule has 0 saturated carbocycles. The maximum atomic E-state index is 10.9. The van der Waals surface area contributed by atoms with E-state index in [1.54, 1.807) is 38.5 Å². The molecule has 6 rings (SSSR count). The van der Waals surface area contributed by atoms with Crippen LogP contribution in [-0.2, 0) is 0 Å². The Balaban J connectivity index is 1.45. The first kappa shape index (κ1) is 23.6. The number of anilines is 1. The molecular weight excluding hydrogens is 482 g/mol. The van der Waals surface area contributed by atoms with Crippen molar-refractivity contribution in [2.75, 3.05) is 39.6 Å². The molecule has 0 amide bonds.